The number of aromatic nitrogens is 1. The summed E-state index contributed by atoms with van der Waals surface area (Å²) in [5, 5.41) is 31.3. The fourth-order valence-corrected chi connectivity index (χ4v) is 6.90. The van der Waals surface area contributed by atoms with Gasteiger partial charge in [0.2, 0.25) is 5.91 Å². The average Bonchev–Trinajstić information content (AvgIpc) is 3.46. The number of nitrogens with one attached hydrogen (secondary N) is 4. The highest BCUT2D eigenvalue weighted by molar-refractivity contribution is 5.84. The van der Waals surface area contributed by atoms with E-state index < -0.39 is 5.60 Å². The molecular formula is C30H46N8O2. The zero-order chi connectivity index (χ0) is 27.9. The standard InChI is InChI=1S/C30H46N8O2/c1-30(40)14-6-4-5-7-15-37-28(39)23-20-31-29(34-27(23)38(37)26-10-8-9-25(30)33-26)32-22-11-12-24-21(19-22)13-16-36(24)18-17-35(2)3/h5,7,11-13,16,19,23,25-27,29,31-34,40H,4,6,8-10,14-15,17-18,20H2,1-3H3/b7-5-. The molecule has 5 heterocycles. The first-order valence-corrected chi connectivity index (χ1v) is 15.0. The van der Waals surface area contributed by atoms with E-state index in [4.69, 9.17) is 0 Å². The van der Waals surface area contributed by atoms with Gasteiger partial charge in [-0.25, -0.2) is 0 Å². The minimum Gasteiger partial charge on any atom is -0.389 e. The molecule has 3 saturated heterocycles. The minimum absolute atomic E-state index is 0.0121. The van der Waals surface area contributed by atoms with Crippen molar-refractivity contribution in [3.05, 3.63) is 42.6 Å². The topological polar surface area (TPSA) is 100 Å². The summed E-state index contributed by atoms with van der Waals surface area (Å²) in [6, 6.07) is 8.69. The van der Waals surface area contributed by atoms with Gasteiger partial charge < -0.3 is 19.9 Å². The number of rotatable bonds is 5. The maximum atomic E-state index is 13.7. The second-order valence-electron chi connectivity index (χ2n) is 12.5. The highest BCUT2D eigenvalue weighted by Crippen LogP contribution is 2.34. The third-order valence-electron chi connectivity index (χ3n) is 9.20. The summed E-state index contributed by atoms with van der Waals surface area (Å²) < 4.78 is 2.30. The molecule has 1 aromatic carbocycles. The third-order valence-corrected chi connectivity index (χ3v) is 9.20. The Kier molecular flexibility index (Phi) is 7.91. The van der Waals surface area contributed by atoms with Crippen LogP contribution >= 0.6 is 0 Å². The summed E-state index contributed by atoms with van der Waals surface area (Å²) in [4.78, 5) is 15.9. The van der Waals surface area contributed by atoms with Gasteiger partial charge in [-0.05, 0) is 83.8 Å². The van der Waals surface area contributed by atoms with E-state index >= 15 is 0 Å². The monoisotopic (exact) mass is 550 g/mol. The normalized spacial score (nSPS) is 34.3. The van der Waals surface area contributed by atoms with Crippen LogP contribution in [0.3, 0.4) is 0 Å². The predicted molar refractivity (Wildman–Crippen MR) is 158 cm³/mol. The molecule has 6 unspecified atom stereocenters. The molecule has 4 aliphatic rings. The van der Waals surface area contributed by atoms with Crippen molar-refractivity contribution in [2.24, 2.45) is 5.92 Å². The van der Waals surface area contributed by atoms with Crippen molar-refractivity contribution in [3.8, 4) is 0 Å². The molecule has 6 rings (SSSR count). The largest absolute Gasteiger partial charge is 0.389 e. The molecule has 2 bridgehead atoms. The van der Waals surface area contributed by atoms with Crippen LogP contribution in [0.4, 0.5) is 5.69 Å². The molecule has 6 atom stereocenters. The van der Waals surface area contributed by atoms with Crippen LogP contribution in [0, 0.1) is 5.92 Å². The average molecular weight is 551 g/mol. The van der Waals surface area contributed by atoms with E-state index in [0.717, 1.165) is 57.3 Å². The molecule has 0 spiro atoms. The number of hydrazine groups is 1. The SMILES string of the molecule is CN(C)CCn1ccc2cc(NC3NCC4C(=O)N5C/C=C\CCCC(C)(O)C6CCCC(N6)N5C4N3)ccc21. The van der Waals surface area contributed by atoms with Crippen LogP contribution in [0.1, 0.15) is 45.4 Å². The van der Waals surface area contributed by atoms with E-state index in [0.29, 0.717) is 13.1 Å². The number of benzene rings is 1. The smallest absolute Gasteiger partial charge is 0.244 e. The molecule has 1 amide bonds. The van der Waals surface area contributed by atoms with Crippen molar-refractivity contribution in [2.45, 2.75) is 82.3 Å². The van der Waals surface area contributed by atoms with Gasteiger partial charge in [-0.15, -0.1) is 0 Å². The van der Waals surface area contributed by atoms with E-state index in [2.05, 4.69) is 92.5 Å². The fraction of sp³-hybridized carbons (Fsp3) is 0.633. The van der Waals surface area contributed by atoms with Gasteiger partial charge in [0.05, 0.1) is 30.4 Å². The van der Waals surface area contributed by atoms with Crippen LogP contribution in [0.15, 0.2) is 42.6 Å². The molecule has 10 nitrogen and oxygen atoms in total. The maximum Gasteiger partial charge on any atom is 0.244 e. The number of hydrogen-bond donors (Lipinski definition) is 5. The van der Waals surface area contributed by atoms with Crippen molar-refractivity contribution in [1.29, 1.82) is 0 Å². The molecule has 1 aromatic heterocycles. The summed E-state index contributed by atoms with van der Waals surface area (Å²) in [7, 11) is 4.20. The number of amides is 1. The number of fused-ring (bicyclic) bond motifs is 7. The molecule has 0 saturated carbocycles. The molecule has 3 fully saturated rings. The number of allylic oxidation sites excluding steroid dienone is 1. The number of aliphatic hydroxyl groups is 1. The number of piperidine rings is 1. The van der Waals surface area contributed by atoms with E-state index in [9.17, 15) is 9.90 Å². The van der Waals surface area contributed by atoms with Crippen molar-refractivity contribution in [1.82, 2.24) is 35.4 Å². The van der Waals surface area contributed by atoms with Crippen LogP contribution in [0.2, 0.25) is 0 Å². The first kappa shape index (κ1) is 27.7. The highest BCUT2D eigenvalue weighted by atomic mass is 16.3. The number of nitrogens with zero attached hydrogens (tertiary/aromatic N) is 4. The Bertz CT molecular complexity index is 1230. The summed E-state index contributed by atoms with van der Waals surface area (Å²) in [6.45, 7) is 5.10. The van der Waals surface area contributed by atoms with Crippen molar-refractivity contribution < 1.29 is 9.90 Å². The molecule has 0 radical (unpaired) electrons. The zero-order valence-electron chi connectivity index (χ0n) is 24.1. The van der Waals surface area contributed by atoms with Crippen LogP contribution < -0.4 is 21.3 Å². The number of carbonyl (C=O) groups excluding carboxylic acids is 1. The maximum absolute atomic E-state index is 13.7. The molecule has 0 aliphatic carbocycles. The Balaban J connectivity index is 1.20. The third kappa shape index (κ3) is 5.53. The quantitative estimate of drug-likeness (QED) is 0.361. The Labute approximate surface area is 237 Å². The number of anilines is 1. The summed E-state index contributed by atoms with van der Waals surface area (Å²) >= 11 is 0. The zero-order valence-corrected chi connectivity index (χ0v) is 24.1. The number of carbonyl (C=O) groups is 1. The number of likely N-dealkylation sites (N-methyl/N-ethyl adjacent to an activating group) is 1. The Hall–Kier alpha value is -2.47. The van der Waals surface area contributed by atoms with Gasteiger partial charge >= 0.3 is 0 Å². The lowest BCUT2D eigenvalue weighted by Crippen LogP contribution is -2.69. The van der Waals surface area contributed by atoms with Gasteiger partial charge in [0.15, 0.2) is 0 Å². The second kappa shape index (κ2) is 11.4. The lowest BCUT2D eigenvalue weighted by molar-refractivity contribution is -0.146. The summed E-state index contributed by atoms with van der Waals surface area (Å²) in [6.07, 6.45) is 11.7. The van der Waals surface area contributed by atoms with Crippen LogP contribution in [-0.2, 0) is 11.3 Å². The number of hydrogen-bond acceptors (Lipinski definition) is 8. The second-order valence-corrected chi connectivity index (χ2v) is 12.5. The van der Waals surface area contributed by atoms with Crippen molar-refractivity contribution in [3.63, 3.8) is 0 Å². The first-order valence-electron chi connectivity index (χ1n) is 15.0. The summed E-state index contributed by atoms with van der Waals surface area (Å²) in [5.41, 5.74) is 1.50. The van der Waals surface area contributed by atoms with E-state index in [1.165, 1.54) is 10.9 Å². The lowest BCUT2D eigenvalue weighted by Gasteiger charge is -2.47. The van der Waals surface area contributed by atoms with Gasteiger partial charge in [-0.3, -0.25) is 25.8 Å². The molecular weight excluding hydrogens is 504 g/mol. The van der Waals surface area contributed by atoms with E-state index in [1.807, 2.05) is 11.9 Å². The van der Waals surface area contributed by atoms with Crippen molar-refractivity contribution >= 4 is 22.5 Å². The van der Waals surface area contributed by atoms with Gasteiger partial charge in [-0.2, -0.15) is 5.01 Å². The molecule has 4 aliphatic heterocycles. The minimum atomic E-state index is -0.768. The summed E-state index contributed by atoms with van der Waals surface area (Å²) in [5.74, 6) is -0.0196. The van der Waals surface area contributed by atoms with Crippen LogP contribution in [0.5, 0.6) is 0 Å². The molecule has 218 valence electrons. The van der Waals surface area contributed by atoms with Gasteiger partial charge in [0.25, 0.3) is 0 Å². The molecule has 10 heteroatoms. The Morgan fingerprint density at radius 2 is 2.02 bits per heavy atom. The van der Waals surface area contributed by atoms with Crippen LogP contribution in [0.25, 0.3) is 10.9 Å². The fourth-order valence-electron chi connectivity index (χ4n) is 6.90. The first-order chi connectivity index (χ1) is 19.3. The van der Waals surface area contributed by atoms with Gasteiger partial charge in [-0.1, -0.05) is 12.2 Å². The molecule has 40 heavy (non-hydrogen) atoms. The highest BCUT2D eigenvalue weighted by Gasteiger charge is 2.52. The van der Waals surface area contributed by atoms with E-state index in [-0.39, 0.29) is 36.5 Å². The van der Waals surface area contributed by atoms with E-state index in [1.54, 1.807) is 0 Å². The molecule has 2 aromatic rings. The van der Waals surface area contributed by atoms with Crippen molar-refractivity contribution in [2.75, 3.05) is 39.0 Å². The Morgan fingerprint density at radius 3 is 2.88 bits per heavy atom. The lowest BCUT2D eigenvalue weighted by atomic mass is 9.84. The predicted octanol–water partition coefficient (Wildman–Crippen LogP) is 2.05. The van der Waals surface area contributed by atoms with Crippen LogP contribution in [-0.4, -0.2) is 94.5 Å². The molecule has 5 N–H and O–H groups in total. The van der Waals surface area contributed by atoms with Gasteiger partial charge in [0, 0.05) is 48.5 Å². The Morgan fingerprint density at radius 1 is 1.15 bits per heavy atom. The van der Waals surface area contributed by atoms with Gasteiger partial charge in [0.1, 0.15) is 6.29 Å².